The second-order valence-corrected chi connectivity index (χ2v) is 4.23. The molecule has 1 heterocycles. The lowest BCUT2D eigenvalue weighted by Crippen LogP contribution is -2.39. The number of ether oxygens (including phenoxy) is 2. The highest BCUT2D eigenvalue weighted by molar-refractivity contribution is 5.19. The van der Waals surface area contributed by atoms with Gasteiger partial charge in [0.15, 0.2) is 0 Å². The smallest absolute Gasteiger partial charge is 0.0792 e. The summed E-state index contributed by atoms with van der Waals surface area (Å²) in [5, 5.41) is 3.31. The van der Waals surface area contributed by atoms with Gasteiger partial charge in [0.25, 0.3) is 0 Å². The standard InChI is InChI=1S/C12H22N2O2/c1-8(9(2)16-4)12-10(5-6-15-3)11(13)7-14-12/h5-10,12,14H,13H2,1-4H3/b6-5+/t8-,9+,10-,12-/m1/s1. The quantitative estimate of drug-likeness (QED) is 0.692. The zero-order valence-corrected chi connectivity index (χ0v) is 10.4. The molecule has 0 saturated heterocycles. The van der Waals surface area contributed by atoms with Crippen molar-refractivity contribution in [2.75, 3.05) is 14.2 Å². The van der Waals surface area contributed by atoms with Crippen molar-refractivity contribution < 1.29 is 9.47 Å². The molecule has 0 aromatic heterocycles. The van der Waals surface area contributed by atoms with Crippen LogP contribution in [0.2, 0.25) is 0 Å². The zero-order valence-electron chi connectivity index (χ0n) is 10.4. The topological polar surface area (TPSA) is 56.5 Å². The molecule has 0 unspecified atom stereocenters. The first-order valence-electron chi connectivity index (χ1n) is 5.55. The van der Waals surface area contributed by atoms with E-state index in [1.807, 2.05) is 12.3 Å². The molecule has 0 amide bonds. The Kier molecular flexibility index (Phi) is 4.68. The van der Waals surface area contributed by atoms with E-state index in [-0.39, 0.29) is 18.1 Å². The third-order valence-electron chi connectivity index (χ3n) is 3.31. The van der Waals surface area contributed by atoms with Crippen LogP contribution in [0.15, 0.2) is 24.2 Å². The molecule has 0 spiro atoms. The minimum absolute atomic E-state index is 0.174. The SMILES string of the molecule is CO/C=C/[C@@H]1C(N)=CN[C@@H]1[C@H](C)[C@H](C)OC. The van der Waals surface area contributed by atoms with Gasteiger partial charge in [0, 0.05) is 36.9 Å². The van der Waals surface area contributed by atoms with Gasteiger partial charge in [-0.05, 0) is 13.0 Å². The highest BCUT2D eigenvalue weighted by Crippen LogP contribution is 2.27. The summed E-state index contributed by atoms with van der Waals surface area (Å²) in [4.78, 5) is 0. The molecule has 0 radical (unpaired) electrons. The Labute approximate surface area is 97.5 Å². The number of nitrogens with two attached hydrogens (primary N) is 1. The van der Waals surface area contributed by atoms with Gasteiger partial charge in [-0.25, -0.2) is 0 Å². The van der Waals surface area contributed by atoms with Crippen molar-refractivity contribution in [2.45, 2.75) is 26.0 Å². The molecular formula is C12H22N2O2. The van der Waals surface area contributed by atoms with Crippen molar-refractivity contribution in [3.8, 4) is 0 Å². The van der Waals surface area contributed by atoms with Crippen molar-refractivity contribution >= 4 is 0 Å². The van der Waals surface area contributed by atoms with Gasteiger partial charge < -0.3 is 20.5 Å². The summed E-state index contributed by atoms with van der Waals surface area (Å²) >= 11 is 0. The van der Waals surface area contributed by atoms with E-state index in [4.69, 9.17) is 15.2 Å². The highest BCUT2D eigenvalue weighted by atomic mass is 16.5. The van der Waals surface area contributed by atoms with E-state index in [1.54, 1.807) is 20.5 Å². The second kappa shape index (κ2) is 5.80. The van der Waals surface area contributed by atoms with Crippen molar-refractivity contribution in [1.29, 1.82) is 0 Å². The molecule has 0 saturated carbocycles. The van der Waals surface area contributed by atoms with Crippen molar-refractivity contribution in [3.05, 3.63) is 24.2 Å². The molecule has 1 aliphatic heterocycles. The van der Waals surface area contributed by atoms with Crippen molar-refractivity contribution in [3.63, 3.8) is 0 Å². The van der Waals surface area contributed by atoms with E-state index < -0.39 is 0 Å². The summed E-state index contributed by atoms with van der Waals surface area (Å²) in [5.74, 6) is 0.543. The summed E-state index contributed by atoms with van der Waals surface area (Å²) in [6, 6.07) is 0.265. The van der Waals surface area contributed by atoms with E-state index in [0.29, 0.717) is 5.92 Å². The monoisotopic (exact) mass is 226 g/mol. The maximum absolute atomic E-state index is 5.94. The molecule has 4 heteroatoms. The van der Waals surface area contributed by atoms with E-state index in [0.717, 1.165) is 5.70 Å². The highest BCUT2D eigenvalue weighted by Gasteiger charge is 2.33. The van der Waals surface area contributed by atoms with E-state index in [1.165, 1.54) is 0 Å². The molecule has 4 atom stereocenters. The van der Waals surface area contributed by atoms with Gasteiger partial charge in [-0.2, -0.15) is 0 Å². The minimum atomic E-state index is 0.174. The first kappa shape index (κ1) is 12.9. The number of nitrogens with one attached hydrogen (secondary N) is 1. The van der Waals surface area contributed by atoms with Gasteiger partial charge in [0.1, 0.15) is 0 Å². The van der Waals surface area contributed by atoms with Gasteiger partial charge in [-0.1, -0.05) is 6.92 Å². The molecule has 4 nitrogen and oxygen atoms in total. The summed E-state index contributed by atoms with van der Waals surface area (Å²) in [6.07, 6.45) is 5.72. The first-order chi connectivity index (χ1) is 7.61. The third-order valence-corrected chi connectivity index (χ3v) is 3.31. The molecule has 0 fully saturated rings. The Morgan fingerprint density at radius 3 is 2.69 bits per heavy atom. The fraction of sp³-hybridized carbons (Fsp3) is 0.667. The van der Waals surface area contributed by atoms with Crippen LogP contribution in [0.4, 0.5) is 0 Å². The number of methoxy groups -OCH3 is 2. The Balaban J connectivity index is 2.70. The maximum atomic E-state index is 5.94. The Morgan fingerprint density at radius 1 is 1.44 bits per heavy atom. The minimum Gasteiger partial charge on any atom is -0.505 e. The molecule has 0 bridgehead atoms. The second-order valence-electron chi connectivity index (χ2n) is 4.23. The fourth-order valence-corrected chi connectivity index (χ4v) is 1.98. The maximum Gasteiger partial charge on any atom is 0.0792 e. The van der Waals surface area contributed by atoms with Crippen LogP contribution in [0.1, 0.15) is 13.8 Å². The number of hydrogen-bond acceptors (Lipinski definition) is 4. The van der Waals surface area contributed by atoms with Crippen LogP contribution in [-0.4, -0.2) is 26.4 Å². The first-order valence-corrected chi connectivity index (χ1v) is 5.55. The largest absolute Gasteiger partial charge is 0.505 e. The summed E-state index contributed by atoms with van der Waals surface area (Å²) in [6.45, 7) is 4.23. The molecule has 16 heavy (non-hydrogen) atoms. The Morgan fingerprint density at radius 2 is 2.12 bits per heavy atom. The van der Waals surface area contributed by atoms with Gasteiger partial charge in [0.2, 0.25) is 0 Å². The van der Waals surface area contributed by atoms with Crippen molar-refractivity contribution in [1.82, 2.24) is 5.32 Å². The lowest BCUT2D eigenvalue weighted by molar-refractivity contribution is 0.0568. The van der Waals surface area contributed by atoms with Crippen LogP contribution in [0, 0.1) is 11.8 Å². The Hall–Kier alpha value is -1.16. The molecule has 0 aliphatic carbocycles. The van der Waals surface area contributed by atoms with E-state index >= 15 is 0 Å². The fourth-order valence-electron chi connectivity index (χ4n) is 1.98. The van der Waals surface area contributed by atoms with Crippen LogP contribution in [0.3, 0.4) is 0 Å². The normalized spacial score (nSPS) is 28.6. The predicted molar refractivity (Wildman–Crippen MR) is 64.5 cm³/mol. The van der Waals surface area contributed by atoms with E-state index in [2.05, 4.69) is 19.2 Å². The molecule has 92 valence electrons. The summed E-state index contributed by atoms with van der Waals surface area (Å²) in [7, 11) is 3.36. The van der Waals surface area contributed by atoms with Gasteiger partial charge >= 0.3 is 0 Å². The van der Waals surface area contributed by atoms with Gasteiger partial charge in [-0.3, -0.25) is 0 Å². The molecule has 3 N–H and O–H groups in total. The van der Waals surface area contributed by atoms with Gasteiger partial charge in [0.05, 0.1) is 19.5 Å². The molecule has 0 aromatic carbocycles. The lowest BCUT2D eigenvalue weighted by Gasteiger charge is -2.29. The van der Waals surface area contributed by atoms with Crippen LogP contribution in [-0.2, 0) is 9.47 Å². The Bertz CT molecular complexity index is 276. The average molecular weight is 226 g/mol. The molecular weight excluding hydrogens is 204 g/mol. The molecule has 1 rings (SSSR count). The summed E-state index contributed by atoms with van der Waals surface area (Å²) in [5.41, 5.74) is 6.78. The van der Waals surface area contributed by atoms with Crippen LogP contribution >= 0.6 is 0 Å². The van der Waals surface area contributed by atoms with Crippen LogP contribution in [0.5, 0.6) is 0 Å². The van der Waals surface area contributed by atoms with Crippen molar-refractivity contribution in [2.24, 2.45) is 17.6 Å². The van der Waals surface area contributed by atoms with Crippen LogP contribution in [0.25, 0.3) is 0 Å². The van der Waals surface area contributed by atoms with Gasteiger partial charge in [-0.15, -0.1) is 0 Å². The number of hydrogen-bond donors (Lipinski definition) is 2. The zero-order chi connectivity index (χ0) is 12.1. The third kappa shape index (κ3) is 2.70. The van der Waals surface area contributed by atoms with E-state index in [9.17, 15) is 0 Å². The summed E-state index contributed by atoms with van der Waals surface area (Å²) < 4.78 is 10.3. The average Bonchev–Trinajstić information content (AvgIpc) is 2.66. The van der Waals surface area contributed by atoms with Crippen LogP contribution < -0.4 is 11.1 Å². The number of rotatable bonds is 5. The molecule has 1 aliphatic rings. The lowest BCUT2D eigenvalue weighted by atomic mass is 9.87. The molecule has 0 aromatic rings. The predicted octanol–water partition coefficient (Wildman–Crippen LogP) is 1.21.